The largest absolute Gasteiger partial charge is 0.496 e. The molecule has 3 aromatic rings. The Morgan fingerprint density at radius 1 is 1.05 bits per heavy atom. The van der Waals surface area contributed by atoms with Gasteiger partial charge in [0.2, 0.25) is 0 Å². The SMILES string of the molecule is COc1ccc(Cn2ccc3cc(Br)ccc32)cc1Br. The molecule has 0 fully saturated rings. The lowest BCUT2D eigenvalue weighted by molar-refractivity contribution is 0.412. The summed E-state index contributed by atoms with van der Waals surface area (Å²) in [4.78, 5) is 0. The van der Waals surface area contributed by atoms with Crippen LogP contribution in [0.15, 0.2) is 57.6 Å². The van der Waals surface area contributed by atoms with E-state index >= 15 is 0 Å². The second-order valence-corrected chi connectivity index (χ2v) is 6.39. The van der Waals surface area contributed by atoms with Crippen molar-refractivity contribution in [3.05, 3.63) is 63.2 Å². The fourth-order valence-corrected chi connectivity index (χ4v) is 3.28. The molecule has 0 spiro atoms. The number of hydrogen-bond acceptors (Lipinski definition) is 1. The summed E-state index contributed by atoms with van der Waals surface area (Å²) >= 11 is 7.03. The van der Waals surface area contributed by atoms with Gasteiger partial charge in [0.1, 0.15) is 5.75 Å². The van der Waals surface area contributed by atoms with Crippen molar-refractivity contribution in [3.63, 3.8) is 0 Å². The van der Waals surface area contributed by atoms with Gasteiger partial charge >= 0.3 is 0 Å². The molecule has 0 bridgehead atoms. The molecule has 1 aromatic heterocycles. The van der Waals surface area contributed by atoms with Crippen LogP contribution in [-0.4, -0.2) is 11.7 Å². The monoisotopic (exact) mass is 393 g/mol. The third kappa shape index (κ3) is 2.63. The lowest BCUT2D eigenvalue weighted by Crippen LogP contribution is -1.98. The zero-order valence-corrected chi connectivity index (χ0v) is 14.1. The van der Waals surface area contributed by atoms with Gasteiger partial charge in [-0.15, -0.1) is 0 Å². The Morgan fingerprint density at radius 3 is 2.65 bits per heavy atom. The molecule has 0 unspecified atom stereocenters. The Hall–Kier alpha value is -1.26. The van der Waals surface area contributed by atoms with Crippen LogP contribution in [0.25, 0.3) is 10.9 Å². The third-order valence-electron chi connectivity index (χ3n) is 3.30. The standard InChI is InChI=1S/C16H13Br2NO/c1-20-16-5-2-11(8-14(16)18)10-19-7-6-12-9-13(17)3-4-15(12)19/h2-9H,10H2,1H3. The normalized spacial score (nSPS) is 10.9. The van der Waals surface area contributed by atoms with E-state index in [9.17, 15) is 0 Å². The van der Waals surface area contributed by atoms with Crippen LogP contribution >= 0.6 is 31.9 Å². The zero-order valence-electron chi connectivity index (χ0n) is 10.9. The molecule has 2 nitrogen and oxygen atoms in total. The Morgan fingerprint density at radius 2 is 1.90 bits per heavy atom. The number of methoxy groups -OCH3 is 1. The van der Waals surface area contributed by atoms with Crippen molar-refractivity contribution in [2.24, 2.45) is 0 Å². The van der Waals surface area contributed by atoms with Gasteiger partial charge < -0.3 is 9.30 Å². The highest BCUT2D eigenvalue weighted by atomic mass is 79.9. The number of fused-ring (bicyclic) bond motifs is 1. The van der Waals surface area contributed by atoms with Gasteiger partial charge in [-0.1, -0.05) is 22.0 Å². The van der Waals surface area contributed by atoms with E-state index in [4.69, 9.17) is 4.74 Å². The molecule has 1 heterocycles. The summed E-state index contributed by atoms with van der Waals surface area (Å²) in [7, 11) is 1.68. The second kappa shape index (κ2) is 5.62. The topological polar surface area (TPSA) is 14.2 Å². The van der Waals surface area contributed by atoms with E-state index in [-0.39, 0.29) is 0 Å². The summed E-state index contributed by atoms with van der Waals surface area (Å²) in [5.74, 6) is 0.857. The third-order valence-corrected chi connectivity index (χ3v) is 4.42. The Kier molecular flexibility index (Phi) is 3.85. The molecular weight excluding hydrogens is 382 g/mol. The average molecular weight is 395 g/mol. The summed E-state index contributed by atoms with van der Waals surface area (Å²) in [5.41, 5.74) is 2.47. The molecule has 0 aliphatic heterocycles. The summed E-state index contributed by atoms with van der Waals surface area (Å²) in [5, 5.41) is 1.24. The number of rotatable bonds is 3. The first-order valence-corrected chi connectivity index (χ1v) is 7.83. The molecule has 0 radical (unpaired) electrons. The molecule has 4 heteroatoms. The van der Waals surface area contributed by atoms with E-state index in [0.29, 0.717) is 0 Å². The molecule has 20 heavy (non-hydrogen) atoms. The van der Waals surface area contributed by atoms with Crippen LogP contribution in [0.5, 0.6) is 5.75 Å². The van der Waals surface area contributed by atoms with Crippen molar-refractivity contribution in [1.29, 1.82) is 0 Å². The van der Waals surface area contributed by atoms with Crippen molar-refractivity contribution in [1.82, 2.24) is 4.57 Å². The molecule has 2 aromatic carbocycles. The van der Waals surface area contributed by atoms with E-state index in [1.165, 1.54) is 16.5 Å². The predicted octanol–water partition coefficient (Wildman–Crippen LogP) is 5.22. The maximum Gasteiger partial charge on any atom is 0.133 e. The number of benzene rings is 2. The lowest BCUT2D eigenvalue weighted by atomic mass is 10.2. The Bertz CT molecular complexity index is 764. The van der Waals surface area contributed by atoms with E-state index < -0.39 is 0 Å². The van der Waals surface area contributed by atoms with Crippen molar-refractivity contribution in [2.45, 2.75) is 6.54 Å². The first-order chi connectivity index (χ1) is 9.67. The molecule has 102 valence electrons. The van der Waals surface area contributed by atoms with Crippen LogP contribution in [0.3, 0.4) is 0 Å². The van der Waals surface area contributed by atoms with Gasteiger partial charge in [0.15, 0.2) is 0 Å². The molecule has 0 N–H and O–H groups in total. The second-order valence-electron chi connectivity index (χ2n) is 4.62. The van der Waals surface area contributed by atoms with Crippen LogP contribution in [0.2, 0.25) is 0 Å². The molecule has 0 aliphatic carbocycles. The first-order valence-electron chi connectivity index (χ1n) is 6.24. The van der Waals surface area contributed by atoms with Crippen LogP contribution in [-0.2, 0) is 6.54 Å². The molecule has 0 amide bonds. The highest BCUT2D eigenvalue weighted by Gasteiger charge is 2.05. The summed E-state index contributed by atoms with van der Waals surface area (Å²) in [6.45, 7) is 0.841. The summed E-state index contributed by atoms with van der Waals surface area (Å²) in [6.07, 6.45) is 2.12. The first kappa shape index (κ1) is 13.7. The van der Waals surface area contributed by atoms with E-state index in [1.807, 2.05) is 6.07 Å². The van der Waals surface area contributed by atoms with Crippen molar-refractivity contribution < 1.29 is 4.74 Å². The molecular formula is C16H13Br2NO. The number of ether oxygens (including phenoxy) is 1. The van der Waals surface area contributed by atoms with Gasteiger partial charge in [0, 0.05) is 28.1 Å². The van der Waals surface area contributed by atoms with Crippen molar-refractivity contribution in [2.75, 3.05) is 7.11 Å². The summed E-state index contributed by atoms with van der Waals surface area (Å²) < 4.78 is 9.60. The number of hydrogen-bond donors (Lipinski definition) is 0. The van der Waals surface area contributed by atoms with E-state index in [1.54, 1.807) is 7.11 Å². The van der Waals surface area contributed by atoms with Crippen LogP contribution in [0, 0.1) is 0 Å². The quantitative estimate of drug-likeness (QED) is 0.593. The van der Waals surface area contributed by atoms with Crippen LogP contribution in [0.4, 0.5) is 0 Å². The summed E-state index contributed by atoms with van der Waals surface area (Å²) in [6, 6.07) is 14.7. The minimum Gasteiger partial charge on any atom is -0.496 e. The fourth-order valence-electron chi connectivity index (χ4n) is 2.31. The van der Waals surface area contributed by atoms with Gasteiger partial charge in [-0.05, 0) is 57.9 Å². The van der Waals surface area contributed by atoms with Gasteiger partial charge in [0.25, 0.3) is 0 Å². The maximum atomic E-state index is 5.26. The Balaban J connectivity index is 1.95. The lowest BCUT2D eigenvalue weighted by Gasteiger charge is -2.09. The zero-order chi connectivity index (χ0) is 14.1. The molecule has 3 rings (SSSR count). The average Bonchev–Trinajstić information content (AvgIpc) is 2.81. The number of nitrogens with zero attached hydrogens (tertiary/aromatic N) is 1. The van der Waals surface area contributed by atoms with E-state index in [0.717, 1.165) is 21.2 Å². The van der Waals surface area contributed by atoms with Gasteiger partial charge in [-0.3, -0.25) is 0 Å². The highest BCUT2D eigenvalue weighted by Crippen LogP contribution is 2.27. The number of halogens is 2. The van der Waals surface area contributed by atoms with Crippen LogP contribution < -0.4 is 4.74 Å². The minimum absolute atomic E-state index is 0.841. The van der Waals surface area contributed by atoms with Gasteiger partial charge in [-0.25, -0.2) is 0 Å². The molecule has 0 saturated heterocycles. The fraction of sp³-hybridized carbons (Fsp3) is 0.125. The Labute approximate surface area is 134 Å². The van der Waals surface area contributed by atoms with E-state index in [2.05, 4.69) is 79.0 Å². The predicted molar refractivity (Wildman–Crippen MR) is 89.4 cm³/mol. The molecule has 0 saturated carbocycles. The minimum atomic E-state index is 0.841. The van der Waals surface area contributed by atoms with Gasteiger partial charge in [-0.2, -0.15) is 0 Å². The van der Waals surface area contributed by atoms with Crippen molar-refractivity contribution >= 4 is 42.8 Å². The molecule has 0 aliphatic rings. The maximum absolute atomic E-state index is 5.26. The molecule has 0 atom stereocenters. The smallest absolute Gasteiger partial charge is 0.133 e. The van der Waals surface area contributed by atoms with Gasteiger partial charge in [0.05, 0.1) is 11.6 Å². The van der Waals surface area contributed by atoms with Crippen molar-refractivity contribution in [3.8, 4) is 5.75 Å². The number of aromatic nitrogens is 1. The van der Waals surface area contributed by atoms with Crippen LogP contribution in [0.1, 0.15) is 5.56 Å². The highest BCUT2D eigenvalue weighted by molar-refractivity contribution is 9.10.